The predicted molar refractivity (Wildman–Crippen MR) is 74.8 cm³/mol. The van der Waals surface area contributed by atoms with Crippen molar-refractivity contribution in [3.05, 3.63) is 28.3 Å². The lowest BCUT2D eigenvalue weighted by atomic mass is 10.2. The van der Waals surface area contributed by atoms with Crippen LogP contribution in [0.2, 0.25) is 0 Å². The Morgan fingerprint density at radius 3 is 2.00 bits per heavy atom. The van der Waals surface area contributed by atoms with E-state index in [4.69, 9.17) is 0 Å². The molecule has 100 valence electrons. The number of hydrogen-bond donors (Lipinski definition) is 0. The molecule has 0 aliphatic carbocycles. The molecule has 0 radical (unpaired) electrons. The fraction of sp³-hybridized carbons (Fsp3) is 0.333. The van der Waals surface area contributed by atoms with Gasteiger partial charge in [-0.1, -0.05) is 0 Å². The standard InChI is InChI=1S/C12H15N5O2/c1-15(2)11-12(16(3)4)14-10-7-8(17(18)19)5-6-9(10)13-11/h5-7H,1-4H3. The summed E-state index contributed by atoms with van der Waals surface area (Å²) in [6, 6.07) is 4.49. The number of rotatable bonds is 3. The Balaban J connectivity index is 2.70. The van der Waals surface area contributed by atoms with Crippen molar-refractivity contribution < 1.29 is 4.92 Å². The van der Waals surface area contributed by atoms with Crippen LogP contribution in [-0.4, -0.2) is 43.1 Å². The molecular weight excluding hydrogens is 246 g/mol. The van der Waals surface area contributed by atoms with E-state index in [1.165, 1.54) is 12.1 Å². The maximum Gasteiger partial charge on any atom is 0.271 e. The smallest absolute Gasteiger partial charge is 0.271 e. The summed E-state index contributed by atoms with van der Waals surface area (Å²) >= 11 is 0. The molecule has 0 saturated carbocycles. The van der Waals surface area contributed by atoms with Crippen molar-refractivity contribution in [3.63, 3.8) is 0 Å². The molecule has 0 amide bonds. The zero-order chi connectivity index (χ0) is 14.2. The van der Waals surface area contributed by atoms with Crippen LogP contribution in [0.3, 0.4) is 0 Å². The van der Waals surface area contributed by atoms with Gasteiger partial charge in [0.25, 0.3) is 5.69 Å². The molecule has 1 heterocycles. The summed E-state index contributed by atoms with van der Waals surface area (Å²) in [6.07, 6.45) is 0. The SMILES string of the molecule is CN(C)c1nc2ccc([N+](=O)[O-])cc2nc1N(C)C. The Bertz CT molecular complexity index is 639. The number of fused-ring (bicyclic) bond motifs is 1. The van der Waals surface area contributed by atoms with Crippen molar-refractivity contribution in [1.29, 1.82) is 0 Å². The number of benzene rings is 1. The first-order valence-electron chi connectivity index (χ1n) is 5.71. The summed E-state index contributed by atoms with van der Waals surface area (Å²) in [4.78, 5) is 23.0. The highest BCUT2D eigenvalue weighted by molar-refractivity contribution is 5.82. The second-order valence-corrected chi connectivity index (χ2v) is 4.59. The Kier molecular flexibility index (Phi) is 3.20. The highest BCUT2D eigenvalue weighted by Gasteiger charge is 2.14. The molecule has 0 spiro atoms. The van der Waals surface area contributed by atoms with Gasteiger partial charge in [0.1, 0.15) is 0 Å². The van der Waals surface area contributed by atoms with Gasteiger partial charge in [-0.25, -0.2) is 9.97 Å². The molecule has 2 rings (SSSR count). The maximum atomic E-state index is 10.8. The van der Waals surface area contributed by atoms with Gasteiger partial charge in [-0.3, -0.25) is 10.1 Å². The summed E-state index contributed by atoms with van der Waals surface area (Å²) in [7, 11) is 7.49. The first-order valence-corrected chi connectivity index (χ1v) is 5.71. The summed E-state index contributed by atoms with van der Waals surface area (Å²) in [5.74, 6) is 1.41. The van der Waals surface area contributed by atoms with Crippen molar-refractivity contribution in [2.45, 2.75) is 0 Å². The fourth-order valence-electron chi connectivity index (χ4n) is 1.74. The van der Waals surface area contributed by atoms with Crippen LogP contribution in [0.4, 0.5) is 17.3 Å². The molecule has 19 heavy (non-hydrogen) atoms. The van der Waals surface area contributed by atoms with Gasteiger partial charge >= 0.3 is 0 Å². The van der Waals surface area contributed by atoms with Gasteiger partial charge < -0.3 is 9.80 Å². The van der Waals surface area contributed by atoms with Crippen molar-refractivity contribution in [2.75, 3.05) is 38.0 Å². The lowest BCUT2D eigenvalue weighted by Crippen LogP contribution is -2.19. The van der Waals surface area contributed by atoms with E-state index in [0.717, 1.165) is 5.82 Å². The normalized spacial score (nSPS) is 10.5. The minimum absolute atomic E-state index is 0.0177. The lowest BCUT2D eigenvalue weighted by molar-refractivity contribution is -0.384. The van der Waals surface area contributed by atoms with Crippen molar-refractivity contribution in [1.82, 2.24) is 9.97 Å². The van der Waals surface area contributed by atoms with E-state index in [0.29, 0.717) is 16.9 Å². The van der Waals surface area contributed by atoms with Crippen LogP contribution in [0.5, 0.6) is 0 Å². The van der Waals surface area contributed by atoms with Crippen LogP contribution >= 0.6 is 0 Å². The number of anilines is 2. The number of nitro benzene ring substituents is 1. The average Bonchev–Trinajstić information content (AvgIpc) is 2.36. The average molecular weight is 261 g/mol. The molecular formula is C12H15N5O2. The molecule has 0 fully saturated rings. The lowest BCUT2D eigenvalue weighted by Gasteiger charge is -2.20. The molecule has 0 saturated heterocycles. The van der Waals surface area contributed by atoms with Crippen LogP contribution in [0.25, 0.3) is 11.0 Å². The summed E-state index contributed by atoms with van der Waals surface area (Å²) < 4.78 is 0. The van der Waals surface area contributed by atoms with Crippen molar-refractivity contribution in [2.24, 2.45) is 0 Å². The molecule has 0 aliphatic rings. The van der Waals surface area contributed by atoms with Gasteiger partial charge in [0.2, 0.25) is 0 Å². The molecule has 0 atom stereocenters. The Morgan fingerprint density at radius 2 is 1.53 bits per heavy atom. The quantitative estimate of drug-likeness (QED) is 0.618. The third-order valence-electron chi connectivity index (χ3n) is 2.67. The molecule has 7 nitrogen and oxygen atoms in total. The van der Waals surface area contributed by atoms with Crippen LogP contribution in [-0.2, 0) is 0 Å². The van der Waals surface area contributed by atoms with Gasteiger partial charge in [0, 0.05) is 40.3 Å². The largest absolute Gasteiger partial charge is 0.360 e. The zero-order valence-corrected chi connectivity index (χ0v) is 11.3. The van der Waals surface area contributed by atoms with Crippen LogP contribution in [0.15, 0.2) is 18.2 Å². The molecule has 0 N–H and O–H groups in total. The Hall–Kier alpha value is -2.44. The summed E-state index contributed by atoms with van der Waals surface area (Å²) in [5.41, 5.74) is 1.17. The Morgan fingerprint density at radius 1 is 1.00 bits per heavy atom. The molecule has 1 aromatic heterocycles. The van der Waals surface area contributed by atoms with Crippen LogP contribution in [0, 0.1) is 10.1 Å². The fourth-order valence-corrected chi connectivity index (χ4v) is 1.74. The van der Waals surface area contributed by atoms with Gasteiger partial charge in [-0.15, -0.1) is 0 Å². The highest BCUT2D eigenvalue weighted by atomic mass is 16.6. The topological polar surface area (TPSA) is 75.4 Å². The van der Waals surface area contributed by atoms with Crippen molar-refractivity contribution in [3.8, 4) is 0 Å². The monoisotopic (exact) mass is 261 g/mol. The van der Waals surface area contributed by atoms with Gasteiger partial charge in [-0.2, -0.15) is 0 Å². The predicted octanol–water partition coefficient (Wildman–Crippen LogP) is 1.67. The van der Waals surface area contributed by atoms with E-state index in [2.05, 4.69) is 9.97 Å². The van der Waals surface area contributed by atoms with Gasteiger partial charge in [0.05, 0.1) is 16.0 Å². The third-order valence-corrected chi connectivity index (χ3v) is 2.67. The van der Waals surface area contributed by atoms with E-state index in [9.17, 15) is 10.1 Å². The summed E-state index contributed by atoms with van der Waals surface area (Å²) in [5, 5.41) is 10.8. The van der Waals surface area contributed by atoms with E-state index >= 15 is 0 Å². The number of hydrogen-bond acceptors (Lipinski definition) is 6. The maximum absolute atomic E-state index is 10.8. The molecule has 7 heteroatoms. The van der Waals surface area contributed by atoms with Crippen molar-refractivity contribution >= 4 is 28.4 Å². The minimum Gasteiger partial charge on any atom is -0.360 e. The molecule has 1 aromatic carbocycles. The molecule has 0 bridgehead atoms. The molecule has 2 aromatic rings. The minimum atomic E-state index is -0.434. The number of aromatic nitrogens is 2. The number of non-ortho nitro benzene ring substituents is 1. The van der Waals surface area contributed by atoms with E-state index in [1.807, 2.05) is 38.0 Å². The second-order valence-electron chi connectivity index (χ2n) is 4.59. The second kappa shape index (κ2) is 4.68. The summed E-state index contributed by atoms with van der Waals surface area (Å²) in [6.45, 7) is 0. The molecule has 0 aliphatic heterocycles. The third kappa shape index (κ3) is 2.40. The highest BCUT2D eigenvalue weighted by Crippen LogP contribution is 2.27. The Labute approximate surface area is 110 Å². The van der Waals surface area contributed by atoms with Gasteiger partial charge in [-0.05, 0) is 6.07 Å². The van der Waals surface area contributed by atoms with E-state index in [-0.39, 0.29) is 5.69 Å². The number of nitrogens with zero attached hydrogens (tertiary/aromatic N) is 5. The first-order chi connectivity index (χ1) is 8.90. The van der Waals surface area contributed by atoms with E-state index < -0.39 is 4.92 Å². The number of nitro groups is 1. The zero-order valence-electron chi connectivity index (χ0n) is 11.3. The first kappa shape index (κ1) is 13.0. The van der Waals surface area contributed by atoms with Crippen LogP contribution in [0.1, 0.15) is 0 Å². The molecule has 0 unspecified atom stereocenters. The van der Waals surface area contributed by atoms with Crippen LogP contribution < -0.4 is 9.80 Å². The van der Waals surface area contributed by atoms with Gasteiger partial charge in [0.15, 0.2) is 11.6 Å². The van der Waals surface area contributed by atoms with E-state index in [1.54, 1.807) is 6.07 Å².